The van der Waals surface area contributed by atoms with Gasteiger partial charge in [0.25, 0.3) is 10.2 Å². The van der Waals surface area contributed by atoms with Gasteiger partial charge in [0.15, 0.2) is 11.6 Å². The number of H-pyrrole nitrogens is 1. The zero-order chi connectivity index (χ0) is 28.9. The quantitative estimate of drug-likeness (QED) is 0.182. The van der Waals surface area contributed by atoms with Gasteiger partial charge in [0.2, 0.25) is 5.78 Å². The Balaban J connectivity index is 1.25. The molecule has 210 valence electrons. The van der Waals surface area contributed by atoms with Crippen LogP contribution in [0.25, 0.3) is 16.6 Å². The summed E-state index contributed by atoms with van der Waals surface area (Å²) in [5.41, 5.74) is 7.94. The van der Waals surface area contributed by atoms with Crippen molar-refractivity contribution in [1.82, 2.24) is 19.5 Å². The van der Waals surface area contributed by atoms with Crippen LogP contribution in [-0.2, 0) is 10.2 Å². The molecule has 0 radical (unpaired) electrons. The number of fused-ring (bicyclic) bond motifs is 1. The maximum atomic E-state index is 14.7. The number of nitrogens with one attached hydrogen (secondary N) is 3. The Bertz CT molecular complexity index is 1930. The number of nitrogens with zero attached hydrogens (tertiary/aromatic N) is 2. The maximum Gasteiger partial charge on any atom is 0.299 e. The van der Waals surface area contributed by atoms with Crippen molar-refractivity contribution in [2.24, 2.45) is 0 Å². The molecule has 3 aromatic carbocycles. The average Bonchev–Trinajstić information content (AvgIpc) is 3.49. The highest BCUT2D eigenvalue weighted by Gasteiger charge is 2.28. The van der Waals surface area contributed by atoms with Gasteiger partial charge in [-0.25, -0.2) is 13.5 Å². The molecule has 1 aliphatic rings. The van der Waals surface area contributed by atoms with E-state index in [-0.39, 0.29) is 34.6 Å². The van der Waals surface area contributed by atoms with Crippen LogP contribution in [0, 0.1) is 18.6 Å². The van der Waals surface area contributed by atoms with Gasteiger partial charge in [0, 0.05) is 16.9 Å². The molecule has 5 N–H and O–H groups in total. The lowest BCUT2D eigenvalue weighted by atomic mass is 10.1. The lowest BCUT2D eigenvalue weighted by molar-refractivity contribution is 0.103. The molecule has 0 unspecified atom stereocenters. The zero-order valence-corrected chi connectivity index (χ0v) is 22.4. The smallest absolute Gasteiger partial charge is 0.299 e. The lowest BCUT2D eigenvalue weighted by Gasteiger charge is -2.12. The predicted octanol–water partition coefficient (Wildman–Crippen LogP) is 4.95. The van der Waals surface area contributed by atoms with Crippen LogP contribution in [-0.4, -0.2) is 35.0 Å². The van der Waals surface area contributed by atoms with Crippen molar-refractivity contribution >= 4 is 38.4 Å². The first kappa shape index (κ1) is 26.5. The van der Waals surface area contributed by atoms with Crippen LogP contribution < -0.4 is 19.9 Å². The van der Waals surface area contributed by atoms with Crippen LogP contribution in [0.2, 0.25) is 0 Å². The van der Waals surface area contributed by atoms with Crippen molar-refractivity contribution in [1.29, 1.82) is 0 Å². The van der Waals surface area contributed by atoms with Gasteiger partial charge in [-0.15, -0.1) is 0 Å². The van der Waals surface area contributed by atoms with Gasteiger partial charge in [-0.3, -0.25) is 9.52 Å². The molecule has 2 heterocycles. The van der Waals surface area contributed by atoms with E-state index in [1.165, 1.54) is 35.1 Å². The van der Waals surface area contributed by atoms with Crippen molar-refractivity contribution in [3.63, 3.8) is 0 Å². The van der Waals surface area contributed by atoms with Gasteiger partial charge in [0.1, 0.15) is 17.4 Å². The van der Waals surface area contributed by atoms with Gasteiger partial charge in [-0.1, -0.05) is 12.1 Å². The van der Waals surface area contributed by atoms with Crippen LogP contribution in [0.1, 0.15) is 34.5 Å². The van der Waals surface area contributed by atoms with Gasteiger partial charge < -0.3 is 15.5 Å². The number of aromatic amines is 1. The van der Waals surface area contributed by atoms with E-state index in [1.807, 2.05) is 0 Å². The number of hydrogen-bond donors (Lipinski definition) is 4. The Morgan fingerprint density at radius 2 is 1.88 bits per heavy atom. The third-order valence-electron chi connectivity index (χ3n) is 6.61. The number of rotatable bonds is 9. The van der Waals surface area contributed by atoms with Crippen LogP contribution in [0.5, 0.6) is 11.5 Å². The first-order valence-electron chi connectivity index (χ1n) is 12.6. The topological polar surface area (TPSA) is 144 Å². The number of aryl methyl sites for hydroxylation is 1. The van der Waals surface area contributed by atoms with E-state index < -0.39 is 27.6 Å². The fraction of sp³-hybridized carbons (Fsp3) is 0.143. The normalized spacial score (nSPS) is 13.4. The minimum Gasteiger partial charge on any atom is -0.454 e. The number of hydrogen-bond acceptors (Lipinski definition) is 6. The second-order valence-electron chi connectivity index (χ2n) is 9.77. The number of carbonyl (C=O) groups is 1. The summed E-state index contributed by atoms with van der Waals surface area (Å²) in [6, 6.07) is 14.8. The molecule has 5 aromatic rings. The Hall–Kier alpha value is -4.75. The van der Waals surface area contributed by atoms with Gasteiger partial charge in [-0.2, -0.15) is 18.2 Å². The summed E-state index contributed by atoms with van der Waals surface area (Å²) in [4.78, 5) is 16.3. The summed E-state index contributed by atoms with van der Waals surface area (Å²) < 4.78 is 64.8. The number of anilines is 2. The molecule has 10 nitrogen and oxygen atoms in total. The number of nitrogens with two attached hydrogens (primary N) is 1. The Morgan fingerprint density at radius 1 is 1.10 bits per heavy atom. The number of aromatic nitrogens is 3. The molecule has 0 saturated heterocycles. The van der Waals surface area contributed by atoms with E-state index in [0.29, 0.717) is 27.9 Å². The van der Waals surface area contributed by atoms with Gasteiger partial charge in [0.05, 0.1) is 28.8 Å². The third kappa shape index (κ3) is 5.36. The molecule has 0 bridgehead atoms. The van der Waals surface area contributed by atoms with Crippen molar-refractivity contribution < 1.29 is 26.7 Å². The van der Waals surface area contributed by atoms with Crippen molar-refractivity contribution in [3.8, 4) is 17.2 Å². The number of ether oxygens (including phenoxy) is 1. The summed E-state index contributed by atoms with van der Waals surface area (Å²) in [5, 5.41) is 4.66. The second kappa shape index (κ2) is 10.0. The maximum absolute atomic E-state index is 14.7. The number of benzene rings is 3. The minimum absolute atomic E-state index is 0.0744. The number of ketones is 1. The van der Waals surface area contributed by atoms with Crippen molar-refractivity contribution in [2.75, 3.05) is 10.5 Å². The molecule has 1 aliphatic carbocycles. The summed E-state index contributed by atoms with van der Waals surface area (Å²) >= 11 is 0. The zero-order valence-electron chi connectivity index (χ0n) is 21.6. The number of nitrogen functional groups attached to an aromatic ring is 1. The molecule has 0 aliphatic heterocycles. The molecule has 13 heteroatoms. The first-order valence-corrected chi connectivity index (χ1v) is 14.1. The molecule has 1 fully saturated rings. The van der Waals surface area contributed by atoms with Crippen molar-refractivity contribution in [2.45, 2.75) is 25.8 Å². The Labute approximate surface area is 233 Å². The van der Waals surface area contributed by atoms with Gasteiger partial charge in [-0.05, 0) is 73.9 Å². The third-order valence-corrected chi connectivity index (χ3v) is 7.74. The summed E-state index contributed by atoms with van der Waals surface area (Å²) in [7, 11) is -3.94. The predicted molar refractivity (Wildman–Crippen MR) is 150 cm³/mol. The highest BCUT2D eigenvalue weighted by molar-refractivity contribution is 7.90. The summed E-state index contributed by atoms with van der Waals surface area (Å²) in [5.74, 6) is -1.19. The molecule has 0 atom stereocenters. The second-order valence-corrected chi connectivity index (χ2v) is 11.2. The molecule has 0 spiro atoms. The minimum atomic E-state index is -3.94. The van der Waals surface area contributed by atoms with E-state index in [0.717, 1.165) is 18.9 Å². The highest BCUT2D eigenvalue weighted by Crippen LogP contribution is 2.30. The van der Waals surface area contributed by atoms with E-state index >= 15 is 0 Å². The van der Waals surface area contributed by atoms with E-state index in [4.69, 9.17) is 10.5 Å². The molecule has 1 saturated carbocycles. The van der Waals surface area contributed by atoms with E-state index in [1.54, 1.807) is 37.3 Å². The molecular formula is C28H24F2N6O4S. The highest BCUT2D eigenvalue weighted by atomic mass is 32.2. The largest absolute Gasteiger partial charge is 0.454 e. The van der Waals surface area contributed by atoms with Gasteiger partial charge >= 0.3 is 0 Å². The summed E-state index contributed by atoms with van der Waals surface area (Å²) in [6.07, 6.45) is 2.80. The van der Waals surface area contributed by atoms with Crippen molar-refractivity contribution in [3.05, 3.63) is 95.3 Å². The van der Waals surface area contributed by atoms with Crippen LogP contribution in [0.15, 0.2) is 66.9 Å². The fourth-order valence-electron chi connectivity index (χ4n) is 4.40. The Kier molecular flexibility index (Phi) is 6.47. The standard InChI is InChI=1S/C28H24F2N6O4S/c1-15-10-18(40-26-5-3-2-4-20(26)29)8-9-25(15)36-28(31)19(14-32-36)27(37)24-12-16-11-21(30)23(13-22(16)33-24)35-41(38,39)34-17-6-7-17/h2-5,8-14,17,33-35H,6-7,31H2,1H3. The lowest BCUT2D eigenvalue weighted by Crippen LogP contribution is -2.32. The van der Waals surface area contributed by atoms with E-state index in [2.05, 4.69) is 19.5 Å². The molecule has 41 heavy (non-hydrogen) atoms. The Morgan fingerprint density at radius 3 is 2.61 bits per heavy atom. The first-order chi connectivity index (χ1) is 19.6. The molecule has 2 aromatic heterocycles. The fourth-order valence-corrected chi connectivity index (χ4v) is 5.58. The van der Waals surface area contributed by atoms with Crippen LogP contribution in [0.4, 0.5) is 20.3 Å². The molecule has 6 rings (SSSR count). The number of carbonyl (C=O) groups excluding carboxylic acids is 1. The number of para-hydroxylation sites is 1. The number of halogens is 2. The van der Waals surface area contributed by atoms with E-state index in [9.17, 15) is 22.0 Å². The molecular weight excluding hydrogens is 554 g/mol. The van der Waals surface area contributed by atoms with Crippen LogP contribution in [0.3, 0.4) is 0 Å². The van der Waals surface area contributed by atoms with Crippen LogP contribution >= 0.6 is 0 Å². The monoisotopic (exact) mass is 578 g/mol. The SMILES string of the molecule is Cc1cc(Oc2ccccc2F)ccc1-n1ncc(C(=O)c2cc3cc(F)c(NS(=O)(=O)NC4CC4)cc3[nH]2)c1N. The molecule has 0 amide bonds. The average molecular weight is 579 g/mol. The summed E-state index contributed by atoms with van der Waals surface area (Å²) in [6.45, 7) is 1.80.